The highest BCUT2D eigenvalue weighted by atomic mass is 15.3. The van der Waals surface area contributed by atoms with Gasteiger partial charge in [0.25, 0.3) is 0 Å². The van der Waals surface area contributed by atoms with Gasteiger partial charge in [-0.05, 0) is 18.2 Å². The third-order valence-electron chi connectivity index (χ3n) is 3.36. The molecular weight excluding hydrogens is 197 g/mol. The van der Waals surface area contributed by atoms with E-state index in [9.17, 15) is 0 Å². The number of hydrogen-bond donors (Lipinski definition) is 0. The first kappa shape index (κ1) is 11.5. The van der Waals surface area contributed by atoms with Gasteiger partial charge in [0, 0.05) is 32.4 Å². The van der Waals surface area contributed by atoms with Gasteiger partial charge in [-0.15, -0.1) is 0 Å². The number of hydrogen-bond acceptors (Lipinski definition) is 3. The molecule has 2 rings (SSSR count). The average molecular weight is 217 g/mol. The summed E-state index contributed by atoms with van der Waals surface area (Å²) in [7, 11) is 2.16. The normalized spacial score (nSPS) is 17.7. The molecule has 0 bridgehead atoms. The molecule has 0 amide bonds. The van der Waals surface area contributed by atoms with E-state index in [1.807, 2.05) is 6.20 Å². The Morgan fingerprint density at radius 2 is 2.00 bits per heavy atom. The van der Waals surface area contributed by atoms with Gasteiger partial charge >= 0.3 is 0 Å². The Morgan fingerprint density at radius 1 is 1.25 bits per heavy atom. The summed E-state index contributed by atoms with van der Waals surface area (Å²) in [6, 6.07) is 4.34. The lowest BCUT2D eigenvalue weighted by molar-refractivity contribution is 0.270. The van der Waals surface area contributed by atoms with Gasteiger partial charge in [-0.2, -0.15) is 0 Å². The largest absolute Gasteiger partial charge is 0.354 e. The van der Waals surface area contributed by atoms with Crippen LogP contribution in [-0.2, 0) is 6.32 Å². The predicted octanol–water partition coefficient (Wildman–Crippen LogP) is 0.357. The first-order valence-electron chi connectivity index (χ1n) is 6.25. The van der Waals surface area contributed by atoms with E-state index < -0.39 is 0 Å². The van der Waals surface area contributed by atoms with Crippen LogP contribution in [0.5, 0.6) is 0 Å². The summed E-state index contributed by atoms with van der Waals surface area (Å²) in [6.45, 7) is 7.92. The first-order valence-corrected chi connectivity index (χ1v) is 6.25. The number of aromatic nitrogens is 1. The van der Waals surface area contributed by atoms with Gasteiger partial charge in [0.2, 0.25) is 0 Å². The van der Waals surface area contributed by atoms with Crippen LogP contribution in [0, 0.1) is 0 Å². The van der Waals surface area contributed by atoms with Crippen LogP contribution in [0.2, 0.25) is 0 Å². The maximum Gasteiger partial charge on any atom is 0.128 e. The molecule has 0 spiro atoms. The zero-order valence-electron chi connectivity index (χ0n) is 10.3. The number of piperazine rings is 1. The van der Waals surface area contributed by atoms with Gasteiger partial charge in [-0.25, -0.2) is 4.98 Å². The second-order valence-electron chi connectivity index (χ2n) is 4.30. The van der Waals surface area contributed by atoms with Crippen molar-refractivity contribution in [2.45, 2.75) is 13.2 Å². The lowest BCUT2D eigenvalue weighted by atomic mass is 9.99. The molecule has 0 unspecified atom stereocenters. The lowest BCUT2D eigenvalue weighted by Gasteiger charge is -2.34. The Balaban J connectivity index is 1.97. The van der Waals surface area contributed by atoms with Crippen molar-refractivity contribution in [1.29, 1.82) is 0 Å². The van der Waals surface area contributed by atoms with Crippen molar-refractivity contribution in [1.82, 2.24) is 9.88 Å². The molecule has 16 heavy (non-hydrogen) atoms. The first-order chi connectivity index (χ1) is 7.83. The Morgan fingerprint density at radius 3 is 2.50 bits per heavy atom. The zero-order valence-corrected chi connectivity index (χ0v) is 10.3. The molecule has 1 aromatic heterocycles. The molecule has 0 aromatic carbocycles. The van der Waals surface area contributed by atoms with E-state index in [-0.39, 0.29) is 0 Å². The van der Waals surface area contributed by atoms with Gasteiger partial charge in [0.05, 0.1) is 0 Å². The van der Waals surface area contributed by atoms with Crippen LogP contribution in [0.15, 0.2) is 18.3 Å². The maximum absolute atomic E-state index is 4.53. The molecule has 3 nitrogen and oxygen atoms in total. The van der Waals surface area contributed by atoms with E-state index in [2.05, 4.69) is 41.7 Å². The molecule has 2 heterocycles. The van der Waals surface area contributed by atoms with Gasteiger partial charge in [-0.3, -0.25) is 0 Å². The van der Waals surface area contributed by atoms with Crippen LogP contribution in [0.3, 0.4) is 0 Å². The molecule has 0 radical (unpaired) electrons. The van der Waals surface area contributed by atoms with E-state index in [0.717, 1.165) is 44.9 Å². The average Bonchev–Trinajstić information content (AvgIpc) is 2.39. The Labute approximate surface area is 98.9 Å². The van der Waals surface area contributed by atoms with Gasteiger partial charge in [0.1, 0.15) is 13.7 Å². The van der Waals surface area contributed by atoms with E-state index in [0.29, 0.717) is 0 Å². The van der Waals surface area contributed by atoms with Crippen molar-refractivity contribution in [2.24, 2.45) is 0 Å². The molecule has 0 atom stereocenters. The fourth-order valence-corrected chi connectivity index (χ4v) is 2.11. The molecule has 1 aliphatic heterocycles. The third-order valence-corrected chi connectivity index (χ3v) is 3.36. The Hall–Kier alpha value is -1.03. The number of likely N-dealkylation sites (N-methyl/N-ethyl adjacent to an activating group) is 1. The summed E-state index contributed by atoms with van der Waals surface area (Å²) < 4.78 is 0. The summed E-state index contributed by atoms with van der Waals surface area (Å²) in [5.74, 6) is 1.13. The molecule has 0 saturated carbocycles. The van der Waals surface area contributed by atoms with Crippen molar-refractivity contribution in [3.8, 4) is 0 Å². The molecular formula is C12H20BN3. The summed E-state index contributed by atoms with van der Waals surface area (Å²) in [5, 5.41) is 0. The van der Waals surface area contributed by atoms with Gasteiger partial charge in [-0.1, -0.05) is 19.3 Å². The maximum atomic E-state index is 4.53. The summed E-state index contributed by atoms with van der Waals surface area (Å²) in [4.78, 5) is 9.40. The molecule has 4 heteroatoms. The van der Waals surface area contributed by atoms with E-state index in [4.69, 9.17) is 0 Å². The fraction of sp³-hybridized carbons (Fsp3) is 0.583. The Kier molecular flexibility index (Phi) is 3.83. The second kappa shape index (κ2) is 5.35. The molecule has 1 aromatic rings. The van der Waals surface area contributed by atoms with E-state index in [1.165, 1.54) is 5.56 Å². The summed E-state index contributed by atoms with van der Waals surface area (Å²) in [5.41, 5.74) is 1.32. The minimum absolute atomic E-state index is 1.07. The highest BCUT2D eigenvalue weighted by Crippen LogP contribution is 2.13. The molecule has 1 fully saturated rings. The third kappa shape index (κ3) is 2.56. The highest BCUT2D eigenvalue weighted by molar-refractivity contribution is 6.08. The highest BCUT2D eigenvalue weighted by Gasteiger charge is 2.16. The minimum atomic E-state index is 1.07. The van der Waals surface area contributed by atoms with Crippen molar-refractivity contribution in [2.75, 3.05) is 37.6 Å². The number of anilines is 1. The van der Waals surface area contributed by atoms with Crippen molar-refractivity contribution < 1.29 is 0 Å². The number of rotatable bonds is 3. The van der Waals surface area contributed by atoms with E-state index >= 15 is 0 Å². The molecule has 0 N–H and O–H groups in total. The van der Waals surface area contributed by atoms with Gasteiger partial charge in [0.15, 0.2) is 0 Å². The number of nitrogens with zero attached hydrogens (tertiary/aromatic N) is 3. The second-order valence-corrected chi connectivity index (χ2v) is 4.30. The van der Waals surface area contributed by atoms with Crippen molar-refractivity contribution >= 4 is 13.7 Å². The van der Waals surface area contributed by atoms with E-state index in [1.54, 1.807) is 0 Å². The monoisotopic (exact) mass is 217 g/mol. The smallest absolute Gasteiger partial charge is 0.128 e. The summed E-state index contributed by atoms with van der Waals surface area (Å²) in [6.07, 6.45) is 3.07. The predicted molar refractivity (Wildman–Crippen MR) is 70.8 cm³/mol. The molecule has 1 aliphatic rings. The van der Waals surface area contributed by atoms with Crippen molar-refractivity contribution in [3.63, 3.8) is 0 Å². The van der Waals surface area contributed by atoms with Crippen LogP contribution < -0.4 is 4.90 Å². The van der Waals surface area contributed by atoms with Gasteiger partial charge < -0.3 is 9.80 Å². The Bertz CT molecular complexity index is 318. The zero-order chi connectivity index (χ0) is 11.4. The standard InChI is InChI=1S/C12H20BN3/c1-2-15-5-7-16(8-6-15)12-4-3-11(9-13)10-14-12/h3-4,10H,2,5-9,13H2,1H3. The van der Waals surface area contributed by atoms with Crippen LogP contribution in [-0.4, -0.2) is 50.5 Å². The molecule has 1 saturated heterocycles. The fourth-order valence-electron chi connectivity index (χ4n) is 2.11. The van der Waals surface area contributed by atoms with Crippen LogP contribution in [0.25, 0.3) is 0 Å². The quantitative estimate of drug-likeness (QED) is 0.681. The van der Waals surface area contributed by atoms with Crippen LogP contribution in [0.4, 0.5) is 5.82 Å². The van der Waals surface area contributed by atoms with Crippen molar-refractivity contribution in [3.05, 3.63) is 23.9 Å². The summed E-state index contributed by atoms with van der Waals surface area (Å²) >= 11 is 0. The molecule has 0 aliphatic carbocycles. The molecule has 86 valence electrons. The minimum Gasteiger partial charge on any atom is -0.354 e. The van der Waals surface area contributed by atoms with Crippen LogP contribution >= 0.6 is 0 Å². The van der Waals surface area contributed by atoms with Crippen LogP contribution in [0.1, 0.15) is 12.5 Å². The topological polar surface area (TPSA) is 19.4 Å². The SMILES string of the molecule is BCc1ccc(N2CCN(CC)CC2)nc1. The number of pyridine rings is 1. The lowest BCUT2D eigenvalue weighted by Crippen LogP contribution is -2.46.